The summed E-state index contributed by atoms with van der Waals surface area (Å²) in [6, 6.07) is 2.98. The average molecular weight is 453 g/mol. The second-order valence-corrected chi connectivity index (χ2v) is 8.18. The monoisotopic (exact) mass is 453 g/mol. The number of pyridine rings is 1. The predicted octanol–water partition coefficient (Wildman–Crippen LogP) is 3.47. The van der Waals surface area contributed by atoms with Crippen molar-refractivity contribution < 1.29 is 22.0 Å². The fourth-order valence-corrected chi connectivity index (χ4v) is 4.70. The van der Waals surface area contributed by atoms with Crippen LogP contribution in [-0.4, -0.2) is 57.3 Å². The van der Waals surface area contributed by atoms with Crippen molar-refractivity contribution in [2.75, 3.05) is 36.0 Å². The maximum Gasteiger partial charge on any atom is 0.435 e. The first-order valence-corrected chi connectivity index (χ1v) is 10.3. The van der Waals surface area contributed by atoms with E-state index >= 15 is 0 Å². The quantitative estimate of drug-likeness (QED) is 0.564. The first-order chi connectivity index (χ1) is 15.3. The third kappa shape index (κ3) is 3.82. The topological polar surface area (TPSA) is 63.0 Å². The highest BCUT2D eigenvalue weighted by molar-refractivity contribution is 5.71. The highest BCUT2D eigenvalue weighted by atomic mass is 19.4. The van der Waals surface area contributed by atoms with Crippen molar-refractivity contribution in [3.8, 4) is 0 Å². The van der Waals surface area contributed by atoms with Gasteiger partial charge in [0.2, 0.25) is 0 Å². The molecular formula is C20H20F5N7. The van der Waals surface area contributed by atoms with Crippen molar-refractivity contribution >= 4 is 22.7 Å². The molecule has 2 fully saturated rings. The van der Waals surface area contributed by atoms with Crippen LogP contribution in [0.5, 0.6) is 0 Å². The number of hydrogen-bond donors (Lipinski definition) is 0. The molecule has 2 aliphatic heterocycles. The van der Waals surface area contributed by atoms with Crippen LogP contribution >= 0.6 is 0 Å². The Balaban J connectivity index is 1.35. The lowest BCUT2D eigenvalue weighted by Crippen LogP contribution is -2.41. The van der Waals surface area contributed by atoms with Gasteiger partial charge in [0.15, 0.2) is 11.3 Å². The van der Waals surface area contributed by atoms with Crippen LogP contribution in [0, 0.1) is 11.8 Å². The molecule has 0 aromatic carbocycles. The van der Waals surface area contributed by atoms with E-state index in [2.05, 4.69) is 20.1 Å². The number of rotatable bonds is 4. The molecule has 0 aliphatic carbocycles. The summed E-state index contributed by atoms with van der Waals surface area (Å²) in [5.41, 5.74) is -0.0242. The molecule has 32 heavy (non-hydrogen) atoms. The number of nitrogens with zero attached hydrogens (tertiary/aromatic N) is 7. The van der Waals surface area contributed by atoms with Gasteiger partial charge >= 0.3 is 6.18 Å². The van der Waals surface area contributed by atoms with Crippen LogP contribution in [0.1, 0.15) is 12.1 Å². The molecule has 0 spiro atoms. The molecule has 5 heterocycles. The number of alkyl halides is 5. The summed E-state index contributed by atoms with van der Waals surface area (Å²) in [5.74, 6) is 1.01. The SMILES string of the molecule is FC(F)Cn1ncc2ncc(N3C[C@H]4CCN(c5cccnc5C(F)(F)F)C[C@H]4C3)nc21. The van der Waals surface area contributed by atoms with Crippen LogP contribution in [0.2, 0.25) is 0 Å². The van der Waals surface area contributed by atoms with Gasteiger partial charge in [-0.15, -0.1) is 0 Å². The molecule has 2 atom stereocenters. The molecule has 170 valence electrons. The van der Waals surface area contributed by atoms with Gasteiger partial charge in [-0.25, -0.2) is 28.4 Å². The van der Waals surface area contributed by atoms with Gasteiger partial charge < -0.3 is 9.80 Å². The first-order valence-electron chi connectivity index (χ1n) is 10.3. The maximum absolute atomic E-state index is 13.4. The molecule has 0 N–H and O–H groups in total. The number of anilines is 2. The van der Waals surface area contributed by atoms with Gasteiger partial charge in [0.25, 0.3) is 6.43 Å². The lowest BCUT2D eigenvalue weighted by atomic mass is 9.88. The lowest BCUT2D eigenvalue weighted by Gasteiger charge is -2.36. The minimum absolute atomic E-state index is 0.106. The molecule has 0 radical (unpaired) electrons. The molecule has 3 aromatic heterocycles. The Kier molecular flexibility index (Phi) is 5.09. The summed E-state index contributed by atoms with van der Waals surface area (Å²) in [5, 5.41) is 3.94. The van der Waals surface area contributed by atoms with Crippen LogP contribution < -0.4 is 9.80 Å². The van der Waals surface area contributed by atoms with E-state index in [9.17, 15) is 22.0 Å². The Morgan fingerprint density at radius 3 is 2.59 bits per heavy atom. The van der Waals surface area contributed by atoms with Crippen molar-refractivity contribution in [2.24, 2.45) is 11.8 Å². The van der Waals surface area contributed by atoms with E-state index in [0.29, 0.717) is 49.1 Å². The summed E-state index contributed by atoms with van der Waals surface area (Å²) >= 11 is 0. The maximum atomic E-state index is 13.4. The fraction of sp³-hybridized carbons (Fsp3) is 0.500. The van der Waals surface area contributed by atoms with E-state index < -0.39 is 24.8 Å². The summed E-state index contributed by atoms with van der Waals surface area (Å²) in [6.07, 6.45) is -2.17. The first kappa shape index (κ1) is 20.8. The Hall–Kier alpha value is -3.05. The number of halogens is 5. The van der Waals surface area contributed by atoms with Crippen molar-refractivity contribution in [1.82, 2.24) is 24.7 Å². The average Bonchev–Trinajstić information content (AvgIpc) is 3.36. The van der Waals surface area contributed by atoms with Gasteiger partial charge in [0.05, 0.1) is 18.1 Å². The zero-order valence-corrected chi connectivity index (χ0v) is 16.9. The zero-order valence-electron chi connectivity index (χ0n) is 16.9. The molecule has 7 nitrogen and oxygen atoms in total. The summed E-state index contributed by atoms with van der Waals surface area (Å²) < 4.78 is 67.0. The molecule has 3 aromatic rings. The van der Waals surface area contributed by atoms with Gasteiger partial charge in [-0.05, 0) is 30.4 Å². The Bertz CT molecular complexity index is 1120. The molecule has 0 amide bonds. The Morgan fingerprint density at radius 1 is 1.03 bits per heavy atom. The van der Waals surface area contributed by atoms with Crippen LogP contribution in [0.15, 0.2) is 30.7 Å². The number of fused-ring (bicyclic) bond motifs is 2. The summed E-state index contributed by atoms with van der Waals surface area (Å²) in [7, 11) is 0. The molecule has 5 rings (SSSR count). The minimum Gasteiger partial charge on any atom is -0.369 e. The van der Waals surface area contributed by atoms with Gasteiger partial charge in [-0.3, -0.25) is 0 Å². The molecule has 0 unspecified atom stereocenters. The normalized spacial score (nSPS) is 21.6. The Labute approximate surface area is 179 Å². The van der Waals surface area contributed by atoms with E-state index in [1.807, 2.05) is 4.90 Å². The smallest absolute Gasteiger partial charge is 0.369 e. The van der Waals surface area contributed by atoms with Crippen LogP contribution in [0.3, 0.4) is 0 Å². The number of hydrogen-bond acceptors (Lipinski definition) is 6. The summed E-state index contributed by atoms with van der Waals surface area (Å²) in [4.78, 5) is 16.2. The molecule has 0 saturated carbocycles. The van der Waals surface area contributed by atoms with E-state index in [0.717, 1.165) is 17.3 Å². The van der Waals surface area contributed by atoms with Gasteiger partial charge in [-0.2, -0.15) is 18.3 Å². The van der Waals surface area contributed by atoms with Crippen molar-refractivity contribution in [2.45, 2.75) is 25.6 Å². The van der Waals surface area contributed by atoms with Crippen LogP contribution in [0.4, 0.5) is 33.5 Å². The van der Waals surface area contributed by atoms with Crippen molar-refractivity contribution in [3.05, 3.63) is 36.4 Å². The van der Waals surface area contributed by atoms with E-state index in [4.69, 9.17) is 0 Å². The largest absolute Gasteiger partial charge is 0.435 e. The third-order valence-electron chi connectivity index (χ3n) is 6.16. The van der Waals surface area contributed by atoms with Crippen LogP contribution in [-0.2, 0) is 12.7 Å². The third-order valence-corrected chi connectivity index (χ3v) is 6.16. The van der Waals surface area contributed by atoms with E-state index in [-0.39, 0.29) is 11.6 Å². The standard InChI is InChI=1S/C20H20F5N7/c21-16(22)11-32-19-14(6-28-32)27-7-17(29-19)31-8-12-3-5-30(9-13(12)10-31)15-2-1-4-26-18(15)20(23,24)25/h1-2,4,6-7,12-13,16H,3,5,8-11H2/t12-,13+/m1/s1. The Morgan fingerprint density at radius 2 is 1.81 bits per heavy atom. The van der Waals surface area contributed by atoms with E-state index in [1.165, 1.54) is 18.3 Å². The van der Waals surface area contributed by atoms with Crippen LogP contribution in [0.25, 0.3) is 11.2 Å². The minimum atomic E-state index is -4.51. The number of aromatic nitrogens is 5. The second kappa shape index (κ2) is 7.82. The molecule has 0 bridgehead atoms. The predicted molar refractivity (Wildman–Crippen MR) is 107 cm³/mol. The fourth-order valence-electron chi connectivity index (χ4n) is 4.70. The lowest BCUT2D eigenvalue weighted by molar-refractivity contribution is -0.140. The second-order valence-electron chi connectivity index (χ2n) is 8.18. The highest BCUT2D eigenvalue weighted by Gasteiger charge is 2.41. The molecule has 2 saturated heterocycles. The zero-order chi connectivity index (χ0) is 22.5. The van der Waals surface area contributed by atoms with Gasteiger partial charge in [0.1, 0.15) is 17.9 Å². The molecule has 2 aliphatic rings. The van der Waals surface area contributed by atoms with E-state index in [1.54, 1.807) is 11.1 Å². The summed E-state index contributed by atoms with van der Waals surface area (Å²) in [6.45, 7) is 1.73. The highest BCUT2D eigenvalue weighted by Crippen LogP contribution is 2.39. The van der Waals surface area contributed by atoms with Crippen molar-refractivity contribution in [3.63, 3.8) is 0 Å². The van der Waals surface area contributed by atoms with Gasteiger partial charge in [-0.1, -0.05) is 0 Å². The molecule has 12 heteroatoms. The van der Waals surface area contributed by atoms with Crippen molar-refractivity contribution in [1.29, 1.82) is 0 Å². The number of piperidine rings is 1. The molecular weight excluding hydrogens is 433 g/mol. The van der Waals surface area contributed by atoms with Gasteiger partial charge in [0, 0.05) is 32.4 Å².